The summed E-state index contributed by atoms with van der Waals surface area (Å²) in [6.45, 7) is 0. The zero-order valence-electron chi connectivity index (χ0n) is 10.8. The largest absolute Gasteiger partial charge is 0.307 e. The molecule has 1 fully saturated rings. The number of hydrogen-bond donors (Lipinski definition) is 0. The van der Waals surface area contributed by atoms with Crippen LogP contribution < -0.4 is 0 Å². The number of alkyl halides is 2. The van der Waals surface area contributed by atoms with Gasteiger partial charge < -0.3 is 0 Å². The zero-order chi connectivity index (χ0) is 14.2. The Morgan fingerprint density at radius 2 is 1.25 bits per heavy atom. The number of halogens is 3. The van der Waals surface area contributed by atoms with Gasteiger partial charge in [0.15, 0.2) is 8.23 Å². The monoisotopic (exact) mass is 294 g/mol. The highest BCUT2D eigenvalue weighted by Crippen LogP contribution is 2.71. The molecule has 1 atom stereocenters. The van der Waals surface area contributed by atoms with E-state index in [1.165, 1.54) is 0 Å². The minimum absolute atomic E-state index is 0.0495. The molecule has 3 rings (SSSR count). The van der Waals surface area contributed by atoms with Crippen molar-refractivity contribution in [3.8, 4) is 0 Å². The summed E-state index contributed by atoms with van der Waals surface area (Å²) in [5.41, 5.74) is -3.86. The fourth-order valence-corrected chi connectivity index (χ4v) is 4.61. The van der Waals surface area contributed by atoms with Gasteiger partial charge in [0.05, 0.1) is 5.41 Å². The molecule has 2 aromatic rings. The van der Waals surface area contributed by atoms with Crippen LogP contribution in [0.5, 0.6) is 0 Å². The molecule has 0 aromatic heterocycles. The summed E-state index contributed by atoms with van der Waals surface area (Å²) in [5.74, 6) is 0. The lowest BCUT2D eigenvalue weighted by Crippen LogP contribution is -2.40. The average molecular weight is 294 g/mol. The van der Waals surface area contributed by atoms with Gasteiger partial charge in [-0.2, -0.15) is 8.78 Å². The van der Waals surface area contributed by atoms with Gasteiger partial charge in [-0.25, -0.2) is 4.20 Å². The Balaban J connectivity index is 2.25. The molecule has 1 saturated heterocycles. The molecule has 2 aromatic carbocycles. The second-order valence-electron chi connectivity index (χ2n) is 5.01. The second-order valence-corrected chi connectivity index (χ2v) is 6.75. The summed E-state index contributed by atoms with van der Waals surface area (Å²) in [7, 11) is -2.78. The third-order valence-electron chi connectivity index (χ3n) is 4.03. The highest BCUT2D eigenvalue weighted by molar-refractivity contribution is 7.54. The molecule has 0 spiro atoms. The first-order chi connectivity index (χ1) is 9.59. The number of rotatable bonds is 2. The Morgan fingerprint density at radius 1 is 0.800 bits per heavy atom. The molecule has 0 aliphatic carbocycles. The van der Waals surface area contributed by atoms with Crippen molar-refractivity contribution in [1.29, 1.82) is 0 Å². The van der Waals surface area contributed by atoms with Crippen molar-refractivity contribution in [2.24, 2.45) is 0 Å². The number of benzene rings is 2. The van der Waals surface area contributed by atoms with E-state index < -0.39 is 19.3 Å². The van der Waals surface area contributed by atoms with Crippen LogP contribution in [-0.2, 0) is 5.41 Å². The van der Waals surface area contributed by atoms with Gasteiger partial charge in [-0.3, -0.25) is 0 Å². The fourth-order valence-electron chi connectivity index (χ4n) is 3.01. The summed E-state index contributed by atoms with van der Waals surface area (Å²) in [5, 5.41) is 0. The lowest BCUT2D eigenvalue weighted by Gasteiger charge is -2.36. The molecule has 0 radical (unpaired) electrons. The van der Waals surface area contributed by atoms with E-state index in [4.69, 9.17) is 0 Å². The van der Waals surface area contributed by atoms with Crippen molar-refractivity contribution in [3.05, 3.63) is 71.8 Å². The lowest BCUT2D eigenvalue weighted by atomic mass is 9.72. The van der Waals surface area contributed by atoms with Crippen LogP contribution in [0.1, 0.15) is 17.5 Å². The molecule has 0 bridgehead atoms. The van der Waals surface area contributed by atoms with E-state index in [-0.39, 0.29) is 12.6 Å². The summed E-state index contributed by atoms with van der Waals surface area (Å²) in [6.07, 6.45) is 0.0996. The molecule has 1 aliphatic heterocycles. The first-order valence-electron chi connectivity index (χ1n) is 6.51. The molecule has 104 valence electrons. The van der Waals surface area contributed by atoms with Crippen molar-refractivity contribution in [3.63, 3.8) is 0 Å². The van der Waals surface area contributed by atoms with Crippen LogP contribution in [0.4, 0.5) is 13.0 Å². The highest BCUT2D eigenvalue weighted by atomic mass is 31.2. The van der Waals surface area contributed by atoms with Crippen molar-refractivity contribution >= 4 is 8.23 Å². The van der Waals surface area contributed by atoms with Crippen LogP contribution in [0.15, 0.2) is 60.7 Å². The van der Waals surface area contributed by atoms with Gasteiger partial charge in [0, 0.05) is 6.16 Å². The predicted octanol–water partition coefficient (Wildman–Crippen LogP) is 5.34. The summed E-state index contributed by atoms with van der Waals surface area (Å²) in [6, 6.07) is 17.2. The molecule has 0 nitrogen and oxygen atoms in total. The van der Waals surface area contributed by atoms with E-state index in [9.17, 15) is 13.0 Å². The molecule has 1 unspecified atom stereocenters. The maximum Gasteiger partial charge on any atom is 0.307 e. The van der Waals surface area contributed by atoms with E-state index in [1.54, 1.807) is 60.7 Å². The van der Waals surface area contributed by atoms with E-state index in [0.29, 0.717) is 11.1 Å². The Morgan fingerprint density at radius 3 is 1.60 bits per heavy atom. The third-order valence-corrected chi connectivity index (χ3v) is 5.64. The van der Waals surface area contributed by atoms with Gasteiger partial charge in [0.1, 0.15) is 0 Å². The first-order valence-corrected chi connectivity index (χ1v) is 7.93. The van der Waals surface area contributed by atoms with Crippen LogP contribution in [0.25, 0.3) is 0 Å². The van der Waals surface area contributed by atoms with Crippen LogP contribution >= 0.6 is 8.23 Å². The fraction of sp³-hybridized carbons (Fsp3) is 0.250. The van der Waals surface area contributed by atoms with E-state index in [0.717, 1.165) is 0 Å². The van der Waals surface area contributed by atoms with E-state index >= 15 is 0 Å². The molecule has 0 N–H and O–H groups in total. The van der Waals surface area contributed by atoms with Gasteiger partial charge in [-0.05, 0) is 17.5 Å². The van der Waals surface area contributed by atoms with Crippen molar-refractivity contribution in [2.75, 3.05) is 6.16 Å². The van der Waals surface area contributed by atoms with Crippen molar-refractivity contribution in [1.82, 2.24) is 0 Å². The third kappa shape index (κ3) is 1.80. The quantitative estimate of drug-likeness (QED) is 0.656. The molecular weight excluding hydrogens is 280 g/mol. The minimum atomic E-state index is -3.33. The Labute approximate surface area is 117 Å². The van der Waals surface area contributed by atoms with Gasteiger partial charge in [0.25, 0.3) is 0 Å². The summed E-state index contributed by atoms with van der Waals surface area (Å²) < 4.78 is 43.2. The van der Waals surface area contributed by atoms with Crippen LogP contribution in [0, 0.1) is 0 Å². The first kappa shape index (κ1) is 13.6. The Bertz CT molecular complexity index is 544. The van der Waals surface area contributed by atoms with Gasteiger partial charge in [0.2, 0.25) is 0 Å². The molecule has 0 saturated carbocycles. The molecular formula is C16H14F3P. The van der Waals surface area contributed by atoms with Gasteiger partial charge >= 0.3 is 5.66 Å². The Kier molecular flexibility index (Phi) is 3.33. The van der Waals surface area contributed by atoms with Crippen LogP contribution in [0.2, 0.25) is 0 Å². The van der Waals surface area contributed by atoms with Crippen molar-refractivity contribution < 1.29 is 13.0 Å². The lowest BCUT2D eigenvalue weighted by molar-refractivity contribution is 0.0311. The second kappa shape index (κ2) is 4.89. The highest BCUT2D eigenvalue weighted by Gasteiger charge is 2.65. The zero-order valence-corrected chi connectivity index (χ0v) is 11.7. The SMILES string of the molecule is FP1CCC(c2ccccc2)(c2ccccc2)C1(F)F. The van der Waals surface area contributed by atoms with Gasteiger partial charge in [-0.1, -0.05) is 60.7 Å². The standard InChI is InChI=1S/C16H14F3P/c17-16(18)15(11-12-20(16)19,13-7-3-1-4-8-13)14-9-5-2-6-10-14/h1-10H,11-12H2. The Hall–Kier alpha value is -1.34. The van der Waals surface area contributed by atoms with Gasteiger partial charge in [-0.15, -0.1) is 0 Å². The maximum absolute atomic E-state index is 14.7. The summed E-state index contributed by atoms with van der Waals surface area (Å²) >= 11 is 0. The smallest absolute Gasteiger partial charge is 0.221 e. The molecule has 1 heterocycles. The van der Waals surface area contributed by atoms with Crippen LogP contribution in [-0.4, -0.2) is 11.8 Å². The maximum atomic E-state index is 14.7. The topological polar surface area (TPSA) is 0 Å². The van der Waals surface area contributed by atoms with Crippen molar-refractivity contribution in [2.45, 2.75) is 17.5 Å². The van der Waals surface area contributed by atoms with E-state index in [1.807, 2.05) is 0 Å². The molecule has 1 aliphatic rings. The molecule has 4 heteroatoms. The van der Waals surface area contributed by atoms with E-state index in [2.05, 4.69) is 0 Å². The number of hydrogen-bond acceptors (Lipinski definition) is 0. The van der Waals surface area contributed by atoms with Crippen LogP contribution in [0.3, 0.4) is 0 Å². The predicted molar refractivity (Wildman–Crippen MR) is 76.1 cm³/mol. The average Bonchev–Trinajstić information content (AvgIpc) is 2.73. The minimum Gasteiger partial charge on any atom is -0.221 e. The summed E-state index contributed by atoms with van der Waals surface area (Å²) in [4.78, 5) is 0. The molecule has 20 heavy (non-hydrogen) atoms. The normalized spacial score (nSPS) is 23.6. The molecule has 0 amide bonds.